The van der Waals surface area contributed by atoms with Gasteiger partial charge in [-0.15, -0.1) is 0 Å². The molecule has 0 unspecified atom stereocenters. The second kappa shape index (κ2) is 13.0. The molecule has 3 fully saturated rings. The van der Waals surface area contributed by atoms with Crippen molar-refractivity contribution >= 4 is 44.6 Å². The summed E-state index contributed by atoms with van der Waals surface area (Å²) in [7, 11) is -3.91. The van der Waals surface area contributed by atoms with E-state index in [-0.39, 0.29) is 31.2 Å². The number of nitrogens with zero attached hydrogens (tertiary/aromatic N) is 2. The van der Waals surface area contributed by atoms with Gasteiger partial charge in [-0.05, 0) is 73.9 Å². The van der Waals surface area contributed by atoms with Gasteiger partial charge in [-0.25, -0.2) is 22.6 Å². The lowest BCUT2D eigenvalue weighted by Gasteiger charge is -2.32. The van der Waals surface area contributed by atoms with E-state index in [0.717, 1.165) is 6.42 Å². The van der Waals surface area contributed by atoms with E-state index in [0.29, 0.717) is 36.5 Å². The molecule has 2 aliphatic carbocycles. The first-order valence-electron chi connectivity index (χ1n) is 16.3. The van der Waals surface area contributed by atoms with Crippen molar-refractivity contribution in [1.29, 1.82) is 0 Å². The molecule has 258 valence electrons. The largest absolute Gasteiger partial charge is 0.472 e. The summed E-state index contributed by atoms with van der Waals surface area (Å²) >= 11 is 0. The monoisotopic (exact) mass is 685 g/mol. The van der Waals surface area contributed by atoms with Crippen LogP contribution in [0, 0.1) is 23.6 Å². The van der Waals surface area contributed by atoms with Gasteiger partial charge in [0.25, 0.3) is 5.91 Å². The highest BCUT2D eigenvalue weighted by Crippen LogP contribution is 2.46. The van der Waals surface area contributed by atoms with Gasteiger partial charge < -0.3 is 25.4 Å². The summed E-state index contributed by atoms with van der Waals surface area (Å²) in [6.07, 6.45) is 5.94. The molecule has 4 N–H and O–H groups in total. The third-order valence-corrected chi connectivity index (χ3v) is 11.7. The SMILES string of the molecule is C[C@@H]1CC/C=C\[C@@H]2C[C@@]2(C(=O)NS(=O)(=O)C2CC2)NC(=O)[C@@H]2C[C@@H](Oc3nccc4ccc(F)cc34)CN2C(=O)[C@@H](NC(=O)O)[C@H](C)C1. The summed E-state index contributed by atoms with van der Waals surface area (Å²) in [4.78, 5) is 59.3. The summed E-state index contributed by atoms with van der Waals surface area (Å²) in [5.74, 6) is -3.35. The van der Waals surface area contributed by atoms with Crippen molar-refractivity contribution in [2.75, 3.05) is 6.54 Å². The number of hydrogen-bond acceptors (Lipinski definition) is 8. The number of amides is 4. The van der Waals surface area contributed by atoms with Crippen molar-refractivity contribution in [2.45, 2.75) is 87.8 Å². The average molecular weight is 686 g/mol. The Hall–Kier alpha value is -4.27. The topological polar surface area (TPSA) is 184 Å². The third-order valence-electron chi connectivity index (χ3n) is 9.87. The Morgan fingerprint density at radius 3 is 2.65 bits per heavy atom. The van der Waals surface area contributed by atoms with Crippen LogP contribution in [0.2, 0.25) is 0 Å². The summed E-state index contributed by atoms with van der Waals surface area (Å²) < 4.78 is 48.0. The first-order valence-corrected chi connectivity index (χ1v) is 17.9. The molecule has 1 aromatic heterocycles. The molecule has 13 nitrogen and oxygen atoms in total. The Bertz CT molecular complexity index is 1770. The van der Waals surface area contributed by atoms with E-state index < -0.39 is 80.5 Å². The van der Waals surface area contributed by atoms with Crippen LogP contribution in [0.3, 0.4) is 0 Å². The molecule has 2 aromatic rings. The number of hydrogen-bond donors (Lipinski definition) is 4. The van der Waals surface area contributed by atoms with Crippen molar-refractivity contribution in [1.82, 2.24) is 25.2 Å². The predicted octanol–water partition coefficient (Wildman–Crippen LogP) is 2.85. The molecule has 15 heteroatoms. The van der Waals surface area contributed by atoms with Crippen molar-refractivity contribution in [3.05, 3.63) is 48.4 Å². The van der Waals surface area contributed by atoms with Crippen LogP contribution < -0.4 is 20.1 Å². The first kappa shape index (κ1) is 33.6. The fourth-order valence-corrected chi connectivity index (χ4v) is 8.36. The second-order valence-electron chi connectivity index (χ2n) is 13.7. The van der Waals surface area contributed by atoms with Crippen LogP contribution in [-0.2, 0) is 24.4 Å². The van der Waals surface area contributed by atoms with E-state index in [9.17, 15) is 37.1 Å². The fourth-order valence-electron chi connectivity index (χ4n) is 7.00. The molecule has 1 aromatic carbocycles. The van der Waals surface area contributed by atoms with Crippen molar-refractivity contribution in [3.63, 3.8) is 0 Å². The van der Waals surface area contributed by atoms with Crippen LogP contribution in [0.25, 0.3) is 10.8 Å². The number of halogens is 1. The highest BCUT2D eigenvalue weighted by molar-refractivity contribution is 7.91. The molecular weight excluding hydrogens is 645 g/mol. The Balaban J connectivity index is 1.34. The van der Waals surface area contributed by atoms with Crippen molar-refractivity contribution < 1.29 is 41.8 Å². The summed E-state index contributed by atoms with van der Waals surface area (Å²) in [5, 5.41) is 15.2. The van der Waals surface area contributed by atoms with Gasteiger partial charge in [0.1, 0.15) is 29.5 Å². The second-order valence-corrected chi connectivity index (χ2v) is 15.6. The zero-order valence-corrected chi connectivity index (χ0v) is 27.5. The van der Waals surface area contributed by atoms with E-state index >= 15 is 0 Å². The number of carbonyl (C=O) groups excluding carboxylic acids is 3. The lowest BCUT2D eigenvalue weighted by Crippen LogP contribution is -2.59. The molecule has 1 saturated heterocycles. The van der Waals surface area contributed by atoms with Gasteiger partial charge in [0.05, 0.1) is 11.8 Å². The molecule has 4 amide bonds. The number of carboxylic acid groups (broad SMARTS) is 1. The number of benzene rings is 1. The van der Waals surface area contributed by atoms with Crippen molar-refractivity contribution in [3.8, 4) is 5.88 Å². The minimum absolute atomic E-state index is 0.0475. The van der Waals surface area contributed by atoms with Crippen LogP contribution in [0.5, 0.6) is 5.88 Å². The van der Waals surface area contributed by atoms with Crippen LogP contribution >= 0.6 is 0 Å². The van der Waals surface area contributed by atoms with Gasteiger partial charge in [0.15, 0.2) is 0 Å². The third kappa shape index (κ3) is 6.96. The number of aromatic nitrogens is 1. The first-order chi connectivity index (χ1) is 22.8. The zero-order chi connectivity index (χ0) is 34.4. The van der Waals surface area contributed by atoms with Crippen LogP contribution in [-0.4, -0.2) is 82.7 Å². The van der Waals surface area contributed by atoms with Crippen molar-refractivity contribution in [2.24, 2.45) is 17.8 Å². The number of ether oxygens (including phenoxy) is 1. The molecule has 7 atom stereocenters. The maximum Gasteiger partial charge on any atom is 0.405 e. The number of fused-ring (bicyclic) bond motifs is 3. The number of sulfonamides is 1. The Morgan fingerprint density at radius 1 is 1.15 bits per heavy atom. The number of pyridine rings is 1. The lowest BCUT2D eigenvalue weighted by molar-refractivity contribution is -0.142. The van der Waals surface area contributed by atoms with E-state index in [2.05, 4.69) is 20.3 Å². The number of carbonyl (C=O) groups is 4. The molecule has 48 heavy (non-hydrogen) atoms. The van der Waals surface area contributed by atoms with Gasteiger partial charge in [-0.3, -0.25) is 19.1 Å². The Morgan fingerprint density at radius 2 is 1.92 bits per heavy atom. The smallest absolute Gasteiger partial charge is 0.405 e. The zero-order valence-electron chi connectivity index (χ0n) is 26.7. The normalized spacial score (nSPS) is 31.8. The maximum absolute atomic E-state index is 14.2. The fraction of sp³-hybridized carbons (Fsp3) is 0.545. The van der Waals surface area contributed by atoms with E-state index in [1.807, 2.05) is 19.1 Å². The molecule has 6 rings (SSSR count). The van der Waals surface area contributed by atoms with Crippen LogP contribution in [0.15, 0.2) is 42.6 Å². The van der Waals surface area contributed by atoms with Gasteiger partial charge in [0, 0.05) is 23.9 Å². The lowest BCUT2D eigenvalue weighted by atomic mass is 9.88. The minimum atomic E-state index is -3.91. The quantitative estimate of drug-likeness (QED) is 0.332. The summed E-state index contributed by atoms with van der Waals surface area (Å²) in [6.45, 7) is 3.67. The standard InChI is InChI=1S/C33H40FN5O8S/c1-18-5-3-4-6-21-16-33(21,31(42)38-48(45,46)24-9-10-24)37-28(40)26-15-23(17-39(26)30(41)27(19(2)13-18)36-32(43)44)47-29-25-14-22(34)8-7-20(25)11-12-35-29/h4,6-8,11-12,14,18-19,21,23-24,26-27,36H,3,5,9-10,13,15-17H2,1-2H3,(H,37,40)(H,38,42)(H,43,44)/b6-4-/t18-,19-,21-,23-,26+,27+,33-/m1/s1. The Kier molecular flexibility index (Phi) is 9.09. The molecule has 2 saturated carbocycles. The number of allylic oxidation sites excluding steroid dienone is 1. The van der Waals surface area contributed by atoms with E-state index in [4.69, 9.17) is 4.74 Å². The molecular formula is C33H40FN5O8S. The highest BCUT2D eigenvalue weighted by Gasteiger charge is 2.62. The predicted molar refractivity (Wildman–Crippen MR) is 172 cm³/mol. The van der Waals surface area contributed by atoms with Gasteiger partial charge >= 0.3 is 6.09 Å². The average Bonchev–Trinajstić information content (AvgIpc) is 3.95. The number of rotatable bonds is 6. The van der Waals surface area contributed by atoms with E-state index in [1.165, 1.54) is 23.2 Å². The summed E-state index contributed by atoms with van der Waals surface area (Å²) in [5.41, 5.74) is -1.55. The van der Waals surface area contributed by atoms with Gasteiger partial charge in [-0.1, -0.05) is 32.1 Å². The maximum atomic E-state index is 14.2. The highest BCUT2D eigenvalue weighted by atomic mass is 32.2. The molecule has 2 aliphatic heterocycles. The van der Waals surface area contributed by atoms with Crippen LogP contribution in [0.1, 0.15) is 58.8 Å². The van der Waals surface area contributed by atoms with E-state index in [1.54, 1.807) is 19.1 Å². The number of nitrogens with one attached hydrogen (secondary N) is 3. The summed E-state index contributed by atoms with van der Waals surface area (Å²) in [6, 6.07) is 3.47. The van der Waals surface area contributed by atoms with Gasteiger partial charge in [0.2, 0.25) is 27.7 Å². The minimum Gasteiger partial charge on any atom is -0.472 e. The molecule has 0 bridgehead atoms. The molecule has 0 spiro atoms. The molecule has 0 radical (unpaired) electrons. The molecule has 3 heterocycles. The van der Waals surface area contributed by atoms with Gasteiger partial charge in [-0.2, -0.15) is 0 Å². The van der Waals surface area contributed by atoms with Crippen LogP contribution in [0.4, 0.5) is 9.18 Å². The molecule has 4 aliphatic rings. The Labute approximate surface area is 277 Å².